The number of carbonyl (C=O) groups excluding carboxylic acids is 1. The van der Waals surface area contributed by atoms with Crippen LogP contribution in [0.1, 0.15) is 49.8 Å². The van der Waals surface area contributed by atoms with Crippen LogP contribution in [0.25, 0.3) is 0 Å². The maximum atomic E-state index is 12.7. The Hall–Kier alpha value is -1.87. The molecule has 5 atom stereocenters. The quantitative estimate of drug-likeness (QED) is 0.721. The highest BCUT2D eigenvalue weighted by Crippen LogP contribution is 2.54. The second-order valence-electron chi connectivity index (χ2n) is 8.44. The smallest absolute Gasteiger partial charge is 0.227 e. The van der Waals surface area contributed by atoms with E-state index >= 15 is 0 Å². The van der Waals surface area contributed by atoms with Gasteiger partial charge in [-0.25, -0.2) is 0 Å². The Kier molecular flexibility index (Phi) is 5.23. The molecule has 27 heavy (non-hydrogen) atoms. The number of carbonyl (C=O) groups is 1. The van der Waals surface area contributed by atoms with Gasteiger partial charge in [0.25, 0.3) is 0 Å². The van der Waals surface area contributed by atoms with Crippen molar-refractivity contribution in [3.63, 3.8) is 0 Å². The van der Waals surface area contributed by atoms with E-state index in [0.29, 0.717) is 16.9 Å². The lowest BCUT2D eigenvalue weighted by Gasteiger charge is -2.21. The van der Waals surface area contributed by atoms with Crippen molar-refractivity contribution < 1.29 is 4.79 Å². The summed E-state index contributed by atoms with van der Waals surface area (Å²) in [5.74, 6) is 2.86. The first-order valence-electron chi connectivity index (χ1n) is 9.98. The van der Waals surface area contributed by atoms with Crippen LogP contribution in [0.3, 0.4) is 0 Å². The van der Waals surface area contributed by atoms with Crippen molar-refractivity contribution in [2.45, 2.75) is 45.4 Å². The van der Waals surface area contributed by atoms with Gasteiger partial charge in [0.05, 0.1) is 0 Å². The van der Waals surface area contributed by atoms with E-state index in [0.717, 1.165) is 23.2 Å². The number of nitrogens with zero attached hydrogens (tertiary/aromatic N) is 1. The van der Waals surface area contributed by atoms with Gasteiger partial charge in [-0.05, 0) is 98.2 Å². The number of aromatic nitrogens is 1. The van der Waals surface area contributed by atoms with Crippen LogP contribution in [-0.4, -0.2) is 10.9 Å². The minimum Gasteiger partial charge on any atom is -0.326 e. The number of nitrogens with one attached hydrogen (secondary N) is 1. The third-order valence-electron chi connectivity index (χ3n) is 6.68. The van der Waals surface area contributed by atoms with Crippen molar-refractivity contribution >= 4 is 23.2 Å². The van der Waals surface area contributed by atoms with Crippen LogP contribution < -0.4 is 5.32 Å². The second-order valence-corrected chi connectivity index (χ2v) is 8.87. The first-order chi connectivity index (χ1) is 13.0. The van der Waals surface area contributed by atoms with E-state index in [1.807, 2.05) is 30.5 Å². The molecule has 0 unspecified atom stereocenters. The Morgan fingerprint density at radius 2 is 1.78 bits per heavy atom. The predicted molar refractivity (Wildman–Crippen MR) is 110 cm³/mol. The molecule has 2 fully saturated rings. The summed E-state index contributed by atoms with van der Waals surface area (Å²) in [5, 5.41) is 3.73. The average molecular weight is 383 g/mol. The van der Waals surface area contributed by atoms with Gasteiger partial charge < -0.3 is 5.32 Å². The van der Waals surface area contributed by atoms with Crippen molar-refractivity contribution in [2.24, 2.45) is 23.7 Å². The van der Waals surface area contributed by atoms with Crippen molar-refractivity contribution in [1.82, 2.24) is 4.98 Å². The van der Waals surface area contributed by atoms with Crippen molar-refractivity contribution in [3.8, 4) is 0 Å². The number of aryl methyl sites for hydroxylation is 1. The lowest BCUT2D eigenvalue weighted by molar-refractivity contribution is -0.120. The summed E-state index contributed by atoms with van der Waals surface area (Å²) in [4.78, 5) is 17.0. The zero-order valence-electron chi connectivity index (χ0n) is 16.0. The highest BCUT2D eigenvalue weighted by molar-refractivity contribution is 6.30. The van der Waals surface area contributed by atoms with E-state index in [1.165, 1.54) is 31.2 Å². The van der Waals surface area contributed by atoms with E-state index in [4.69, 9.17) is 11.6 Å². The highest BCUT2D eigenvalue weighted by atomic mass is 35.5. The minimum absolute atomic E-state index is 0.0490. The highest BCUT2D eigenvalue weighted by Gasteiger charge is 2.44. The Morgan fingerprint density at radius 1 is 1.11 bits per heavy atom. The summed E-state index contributed by atoms with van der Waals surface area (Å²) in [5.41, 5.74) is 3.37. The molecular weight excluding hydrogens is 356 g/mol. The van der Waals surface area contributed by atoms with Gasteiger partial charge in [-0.1, -0.05) is 18.5 Å². The molecule has 1 N–H and O–H groups in total. The normalized spacial score (nSPS) is 28.0. The van der Waals surface area contributed by atoms with Crippen LogP contribution in [0.2, 0.25) is 5.02 Å². The Balaban J connectivity index is 1.34. The van der Waals surface area contributed by atoms with Gasteiger partial charge in [0.15, 0.2) is 0 Å². The number of fused-ring (bicyclic) bond motifs is 1. The van der Waals surface area contributed by atoms with Gasteiger partial charge in [0.1, 0.15) is 0 Å². The Morgan fingerprint density at radius 3 is 2.41 bits per heavy atom. The summed E-state index contributed by atoms with van der Waals surface area (Å²) in [6.07, 6.45) is 6.82. The summed E-state index contributed by atoms with van der Waals surface area (Å²) in [6, 6.07) is 11.8. The number of hydrogen-bond acceptors (Lipinski definition) is 2. The SMILES string of the molecule is Cc1cc([C@@H]2C[C@@H]3C[C@@H]([C@@H](C)C(=O)Nc4ccc(Cl)cc4)C[C@@H]3C2)ccn1. The largest absolute Gasteiger partial charge is 0.326 e. The molecular formula is C23H27ClN2O. The molecule has 1 aromatic heterocycles. The zero-order valence-corrected chi connectivity index (χ0v) is 16.7. The summed E-state index contributed by atoms with van der Waals surface area (Å²) in [6.45, 7) is 4.15. The van der Waals surface area contributed by atoms with Gasteiger partial charge in [-0.3, -0.25) is 9.78 Å². The maximum absolute atomic E-state index is 12.7. The van der Waals surface area contributed by atoms with Gasteiger partial charge >= 0.3 is 0 Å². The molecule has 0 saturated heterocycles. The number of pyridine rings is 1. The van der Waals surface area contributed by atoms with Crippen molar-refractivity contribution in [2.75, 3.05) is 5.32 Å². The molecule has 1 amide bonds. The van der Waals surface area contributed by atoms with Crippen LogP contribution in [0, 0.1) is 30.6 Å². The molecule has 142 valence electrons. The molecule has 2 aromatic rings. The fourth-order valence-corrected chi connectivity index (χ4v) is 5.29. The third kappa shape index (κ3) is 4.03. The van der Waals surface area contributed by atoms with Crippen LogP contribution in [0.5, 0.6) is 0 Å². The number of halogens is 1. The molecule has 0 aliphatic heterocycles. The molecule has 2 aliphatic rings. The maximum Gasteiger partial charge on any atom is 0.227 e. The molecule has 3 nitrogen and oxygen atoms in total. The lowest BCUT2D eigenvalue weighted by atomic mass is 9.86. The topological polar surface area (TPSA) is 42.0 Å². The van der Waals surface area contributed by atoms with Gasteiger partial charge in [0, 0.05) is 28.5 Å². The molecule has 0 bridgehead atoms. The monoisotopic (exact) mass is 382 g/mol. The molecule has 4 rings (SSSR count). The number of amides is 1. The fraction of sp³-hybridized carbons (Fsp3) is 0.478. The molecule has 1 heterocycles. The summed E-state index contributed by atoms with van der Waals surface area (Å²) in [7, 11) is 0. The lowest BCUT2D eigenvalue weighted by Crippen LogP contribution is -2.26. The first kappa shape index (κ1) is 18.5. The molecule has 0 radical (unpaired) electrons. The second kappa shape index (κ2) is 7.63. The predicted octanol–water partition coefficient (Wildman–Crippen LogP) is 5.84. The molecule has 2 saturated carbocycles. The third-order valence-corrected chi connectivity index (χ3v) is 6.93. The van der Waals surface area contributed by atoms with Crippen LogP contribution in [-0.2, 0) is 4.79 Å². The van der Waals surface area contributed by atoms with Crippen LogP contribution in [0.15, 0.2) is 42.6 Å². The van der Waals surface area contributed by atoms with Gasteiger partial charge in [0.2, 0.25) is 5.91 Å². The number of rotatable bonds is 4. The van der Waals surface area contributed by atoms with E-state index < -0.39 is 0 Å². The van der Waals surface area contributed by atoms with Gasteiger partial charge in [-0.2, -0.15) is 0 Å². The fourth-order valence-electron chi connectivity index (χ4n) is 5.17. The number of benzene rings is 1. The van der Waals surface area contributed by atoms with E-state index in [9.17, 15) is 4.79 Å². The molecule has 0 spiro atoms. The van der Waals surface area contributed by atoms with E-state index in [-0.39, 0.29) is 11.8 Å². The molecule has 1 aromatic carbocycles. The average Bonchev–Trinajstić information content (AvgIpc) is 3.22. The molecule has 2 aliphatic carbocycles. The zero-order chi connectivity index (χ0) is 19.0. The Bertz CT molecular complexity index is 805. The number of hydrogen-bond donors (Lipinski definition) is 1. The first-order valence-corrected chi connectivity index (χ1v) is 10.4. The van der Waals surface area contributed by atoms with Crippen molar-refractivity contribution in [1.29, 1.82) is 0 Å². The summed E-state index contributed by atoms with van der Waals surface area (Å²) >= 11 is 5.92. The van der Waals surface area contributed by atoms with Gasteiger partial charge in [-0.15, -0.1) is 0 Å². The number of anilines is 1. The van der Waals surface area contributed by atoms with Crippen LogP contribution in [0.4, 0.5) is 5.69 Å². The van der Waals surface area contributed by atoms with E-state index in [1.54, 1.807) is 0 Å². The minimum atomic E-state index is 0.0490. The standard InChI is InChI=1S/C23H27ClN2O/c1-14-9-16(7-8-25-14)18-12-19-10-17(11-20(19)13-18)15(2)23(27)26-22-5-3-21(24)4-6-22/h3-9,15,17-20H,10-13H2,1-2H3,(H,26,27)/t15-,17-,18-,19+,20-/m1/s1. The summed E-state index contributed by atoms with van der Waals surface area (Å²) < 4.78 is 0. The Labute approximate surface area is 166 Å². The van der Waals surface area contributed by atoms with Crippen molar-refractivity contribution in [3.05, 3.63) is 58.9 Å². The molecule has 4 heteroatoms. The van der Waals surface area contributed by atoms with Crippen LogP contribution >= 0.6 is 11.6 Å². The van der Waals surface area contributed by atoms with E-state index in [2.05, 4.69) is 36.3 Å².